The van der Waals surface area contributed by atoms with Crippen LogP contribution in [0.2, 0.25) is 5.02 Å². The second-order valence-corrected chi connectivity index (χ2v) is 6.67. The van der Waals surface area contributed by atoms with E-state index in [4.69, 9.17) is 21.1 Å². The molecule has 0 aromatic heterocycles. The zero-order valence-electron chi connectivity index (χ0n) is 13.6. The molecule has 126 valence electrons. The third-order valence-electron chi connectivity index (χ3n) is 2.92. The molecular formula is C16H20ClNO5. The summed E-state index contributed by atoms with van der Waals surface area (Å²) in [5, 5.41) is 11.3. The molecule has 0 bridgehead atoms. The molecule has 6 nitrogen and oxygen atoms in total. The van der Waals surface area contributed by atoms with Crippen LogP contribution in [0.15, 0.2) is 24.3 Å². The standard InChI is InChI=1S/C16H20ClNO5/c1-10(13(19)8-16(2,3)4)9-23-15-6-11(17)14(22-5)7-12(15)18(20)21/h6-7H,1,8-9H2,2-5H3. The van der Waals surface area contributed by atoms with Crippen LogP contribution in [-0.4, -0.2) is 24.4 Å². The molecular weight excluding hydrogens is 322 g/mol. The molecule has 0 radical (unpaired) electrons. The van der Waals surface area contributed by atoms with Crippen LogP contribution >= 0.6 is 11.6 Å². The molecule has 7 heteroatoms. The van der Waals surface area contributed by atoms with E-state index in [0.717, 1.165) is 0 Å². The maximum absolute atomic E-state index is 12.0. The molecule has 0 aliphatic heterocycles. The minimum atomic E-state index is -0.603. The van der Waals surface area contributed by atoms with Gasteiger partial charge in [-0.05, 0) is 5.41 Å². The van der Waals surface area contributed by atoms with Crippen molar-refractivity contribution in [3.05, 3.63) is 39.4 Å². The molecule has 23 heavy (non-hydrogen) atoms. The zero-order valence-corrected chi connectivity index (χ0v) is 14.4. The Morgan fingerprint density at radius 3 is 2.43 bits per heavy atom. The van der Waals surface area contributed by atoms with E-state index >= 15 is 0 Å². The van der Waals surface area contributed by atoms with Crippen molar-refractivity contribution >= 4 is 23.1 Å². The van der Waals surface area contributed by atoms with E-state index in [1.54, 1.807) is 0 Å². The van der Waals surface area contributed by atoms with Gasteiger partial charge >= 0.3 is 5.69 Å². The number of hydrogen-bond acceptors (Lipinski definition) is 5. The van der Waals surface area contributed by atoms with E-state index in [-0.39, 0.29) is 45.6 Å². The minimum Gasteiger partial charge on any atom is -0.495 e. The molecule has 0 amide bonds. The van der Waals surface area contributed by atoms with Gasteiger partial charge in [-0.15, -0.1) is 0 Å². The fraction of sp³-hybridized carbons (Fsp3) is 0.438. The van der Waals surface area contributed by atoms with E-state index in [1.165, 1.54) is 19.2 Å². The molecule has 0 fully saturated rings. The SMILES string of the molecule is C=C(COc1cc(Cl)c(OC)cc1[N+](=O)[O-])C(=O)CC(C)(C)C. The minimum absolute atomic E-state index is 0.0366. The Kier molecular flexibility index (Phi) is 6.15. The number of rotatable bonds is 7. The maximum Gasteiger partial charge on any atom is 0.314 e. The third-order valence-corrected chi connectivity index (χ3v) is 3.21. The number of nitro benzene ring substituents is 1. The summed E-state index contributed by atoms with van der Waals surface area (Å²) in [4.78, 5) is 22.5. The van der Waals surface area contributed by atoms with E-state index in [1.807, 2.05) is 20.8 Å². The second-order valence-electron chi connectivity index (χ2n) is 6.26. The van der Waals surface area contributed by atoms with Crippen LogP contribution in [0.4, 0.5) is 5.69 Å². The fourth-order valence-electron chi connectivity index (χ4n) is 1.79. The molecule has 0 heterocycles. The number of Topliss-reactive ketones (excluding diaryl/α,β-unsaturated/α-hetero) is 1. The predicted molar refractivity (Wildman–Crippen MR) is 88.4 cm³/mol. The van der Waals surface area contributed by atoms with Crippen molar-refractivity contribution in [2.75, 3.05) is 13.7 Å². The number of benzene rings is 1. The summed E-state index contributed by atoms with van der Waals surface area (Å²) in [5.41, 5.74) is -0.210. The highest BCUT2D eigenvalue weighted by molar-refractivity contribution is 6.32. The first-order valence-corrected chi connectivity index (χ1v) is 7.28. The lowest BCUT2D eigenvalue weighted by molar-refractivity contribution is -0.385. The molecule has 0 N–H and O–H groups in total. The lowest BCUT2D eigenvalue weighted by Crippen LogP contribution is -2.17. The lowest BCUT2D eigenvalue weighted by Gasteiger charge is -2.17. The Labute approximate surface area is 140 Å². The number of ketones is 1. The Morgan fingerprint density at radius 2 is 1.96 bits per heavy atom. The van der Waals surface area contributed by atoms with Crippen LogP contribution in [-0.2, 0) is 4.79 Å². The first kappa shape index (κ1) is 19.0. The number of methoxy groups -OCH3 is 1. The molecule has 0 aliphatic rings. The lowest BCUT2D eigenvalue weighted by atomic mass is 9.88. The highest BCUT2D eigenvalue weighted by atomic mass is 35.5. The molecule has 0 saturated carbocycles. The van der Waals surface area contributed by atoms with Crippen LogP contribution in [0, 0.1) is 15.5 Å². The summed E-state index contributed by atoms with van der Waals surface area (Å²) in [5.74, 6) is -0.00128. The summed E-state index contributed by atoms with van der Waals surface area (Å²) >= 11 is 5.95. The molecule has 0 unspecified atom stereocenters. The Hall–Kier alpha value is -2.08. The van der Waals surface area contributed by atoms with Gasteiger partial charge in [0, 0.05) is 18.1 Å². The highest BCUT2D eigenvalue weighted by Crippen LogP contribution is 2.37. The Morgan fingerprint density at radius 1 is 1.35 bits per heavy atom. The molecule has 0 atom stereocenters. The molecule has 0 spiro atoms. The summed E-state index contributed by atoms with van der Waals surface area (Å²) < 4.78 is 10.3. The van der Waals surface area contributed by atoms with Gasteiger partial charge in [0.1, 0.15) is 12.4 Å². The van der Waals surface area contributed by atoms with Crippen molar-refractivity contribution in [3.63, 3.8) is 0 Å². The molecule has 1 rings (SSSR count). The van der Waals surface area contributed by atoms with Gasteiger partial charge in [0.25, 0.3) is 0 Å². The van der Waals surface area contributed by atoms with Crippen molar-refractivity contribution in [1.29, 1.82) is 0 Å². The molecule has 0 saturated heterocycles. The number of nitrogens with zero attached hydrogens (tertiary/aromatic N) is 1. The number of hydrogen-bond donors (Lipinski definition) is 0. The van der Waals surface area contributed by atoms with Crippen LogP contribution in [0.3, 0.4) is 0 Å². The fourth-order valence-corrected chi connectivity index (χ4v) is 2.02. The normalized spacial score (nSPS) is 11.0. The average Bonchev–Trinajstić information content (AvgIpc) is 2.42. The Bertz CT molecular complexity index is 634. The molecule has 1 aromatic carbocycles. The summed E-state index contributed by atoms with van der Waals surface area (Å²) in [6.07, 6.45) is 0.320. The number of carbonyl (C=O) groups excluding carboxylic acids is 1. The topological polar surface area (TPSA) is 78.7 Å². The van der Waals surface area contributed by atoms with Gasteiger partial charge in [0.2, 0.25) is 0 Å². The van der Waals surface area contributed by atoms with E-state index in [2.05, 4.69) is 6.58 Å². The summed E-state index contributed by atoms with van der Waals surface area (Å²) in [7, 11) is 1.36. The van der Waals surface area contributed by atoms with E-state index < -0.39 is 4.92 Å². The number of nitro groups is 1. The van der Waals surface area contributed by atoms with Gasteiger partial charge in [-0.3, -0.25) is 14.9 Å². The van der Waals surface area contributed by atoms with Gasteiger partial charge < -0.3 is 9.47 Å². The van der Waals surface area contributed by atoms with Crippen LogP contribution in [0.5, 0.6) is 11.5 Å². The van der Waals surface area contributed by atoms with E-state index in [9.17, 15) is 14.9 Å². The first-order chi connectivity index (χ1) is 10.5. The van der Waals surface area contributed by atoms with Gasteiger partial charge in [0.05, 0.1) is 23.1 Å². The third kappa shape index (κ3) is 5.56. The van der Waals surface area contributed by atoms with Crippen molar-refractivity contribution in [2.45, 2.75) is 27.2 Å². The second kappa shape index (κ2) is 7.46. The largest absolute Gasteiger partial charge is 0.495 e. The highest BCUT2D eigenvalue weighted by Gasteiger charge is 2.22. The quantitative estimate of drug-likeness (QED) is 0.422. The monoisotopic (exact) mass is 341 g/mol. The van der Waals surface area contributed by atoms with Crippen molar-refractivity contribution in [3.8, 4) is 11.5 Å². The van der Waals surface area contributed by atoms with E-state index in [0.29, 0.717) is 6.42 Å². The summed E-state index contributed by atoms with van der Waals surface area (Å²) in [6.45, 7) is 9.35. The molecule has 0 aliphatic carbocycles. The zero-order chi connectivity index (χ0) is 17.8. The van der Waals surface area contributed by atoms with Gasteiger partial charge in [-0.2, -0.15) is 0 Å². The first-order valence-electron chi connectivity index (χ1n) is 6.91. The summed E-state index contributed by atoms with van der Waals surface area (Å²) in [6, 6.07) is 2.47. The average molecular weight is 342 g/mol. The number of carbonyl (C=O) groups is 1. The van der Waals surface area contributed by atoms with Gasteiger partial charge in [-0.1, -0.05) is 39.0 Å². The number of halogens is 1. The number of ether oxygens (including phenoxy) is 2. The van der Waals surface area contributed by atoms with Crippen molar-refractivity contribution < 1.29 is 19.2 Å². The maximum atomic E-state index is 12.0. The Balaban J connectivity index is 2.89. The van der Waals surface area contributed by atoms with Crippen molar-refractivity contribution in [2.24, 2.45) is 5.41 Å². The predicted octanol–water partition coefficient (Wildman–Crippen LogP) is 4.20. The smallest absolute Gasteiger partial charge is 0.314 e. The van der Waals surface area contributed by atoms with Gasteiger partial charge in [0.15, 0.2) is 11.5 Å². The van der Waals surface area contributed by atoms with Crippen LogP contribution < -0.4 is 9.47 Å². The van der Waals surface area contributed by atoms with Crippen molar-refractivity contribution in [1.82, 2.24) is 0 Å². The molecule has 1 aromatic rings. The van der Waals surface area contributed by atoms with Gasteiger partial charge in [-0.25, -0.2) is 0 Å². The van der Waals surface area contributed by atoms with Crippen LogP contribution in [0.1, 0.15) is 27.2 Å². The van der Waals surface area contributed by atoms with Crippen LogP contribution in [0.25, 0.3) is 0 Å².